The molecule has 0 saturated carbocycles. The van der Waals surface area contributed by atoms with Gasteiger partial charge in [0, 0.05) is 22.0 Å². The largest absolute Gasteiger partial charge is 0.496 e. The third-order valence-corrected chi connectivity index (χ3v) is 3.76. The number of ketones is 1. The second-order valence-corrected chi connectivity index (χ2v) is 5.53. The molecule has 1 N–H and O–H groups in total. The highest BCUT2D eigenvalue weighted by atomic mass is 35.5. The molecule has 1 heterocycles. The number of rotatable bonds is 4. The first-order valence-electron chi connectivity index (χ1n) is 7.10. The minimum Gasteiger partial charge on any atom is -0.496 e. The van der Waals surface area contributed by atoms with E-state index >= 15 is 0 Å². The Balaban J connectivity index is 2.08. The van der Waals surface area contributed by atoms with Crippen molar-refractivity contribution in [3.8, 4) is 5.75 Å². The summed E-state index contributed by atoms with van der Waals surface area (Å²) in [5, 5.41) is 4.65. The number of methoxy groups -OCH3 is 1. The minimum atomic E-state index is -0.00682. The van der Waals surface area contributed by atoms with Gasteiger partial charge in [0.25, 0.3) is 0 Å². The Hall–Kier alpha value is -2.59. The number of ether oxygens (including phenoxy) is 1. The summed E-state index contributed by atoms with van der Waals surface area (Å²) in [6.07, 6.45) is 0. The van der Waals surface area contributed by atoms with Crippen LogP contribution in [0.5, 0.6) is 5.75 Å². The van der Waals surface area contributed by atoms with Crippen molar-refractivity contribution in [3.05, 3.63) is 59.1 Å². The van der Waals surface area contributed by atoms with E-state index in [9.17, 15) is 4.79 Å². The van der Waals surface area contributed by atoms with Crippen molar-refractivity contribution in [1.82, 2.24) is 4.98 Å². The molecule has 0 atom stereocenters. The molecule has 1 aromatic heterocycles. The molecule has 0 radical (unpaired) electrons. The number of carbonyl (C=O) groups excluding carboxylic acids is 1. The summed E-state index contributed by atoms with van der Waals surface area (Å²) in [7, 11) is 1.60. The van der Waals surface area contributed by atoms with E-state index in [1.165, 1.54) is 6.92 Å². The molecular weight excluding hydrogens is 312 g/mol. The maximum Gasteiger partial charge on any atom is 0.161 e. The average molecular weight is 327 g/mol. The molecule has 0 aliphatic carbocycles. The van der Waals surface area contributed by atoms with Crippen molar-refractivity contribution >= 4 is 39.8 Å². The van der Waals surface area contributed by atoms with E-state index in [2.05, 4.69) is 10.3 Å². The van der Waals surface area contributed by atoms with E-state index in [4.69, 9.17) is 16.3 Å². The van der Waals surface area contributed by atoms with Crippen molar-refractivity contribution in [3.63, 3.8) is 0 Å². The predicted octanol–water partition coefficient (Wildman–Crippen LogP) is 4.84. The fraction of sp³-hybridized carbons (Fsp3) is 0.111. The zero-order valence-electron chi connectivity index (χ0n) is 12.8. The highest BCUT2D eigenvalue weighted by molar-refractivity contribution is 6.31. The summed E-state index contributed by atoms with van der Waals surface area (Å²) < 4.78 is 5.43. The van der Waals surface area contributed by atoms with Gasteiger partial charge in [-0.05, 0) is 37.3 Å². The maximum atomic E-state index is 11.7. The van der Waals surface area contributed by atoms with Crippen LogP contribution in [0, 0.1) is 0 Å². The van der Waals surface area contributed by atoms with Crippen molar-refractivity contribution in [2.24, 2.45) is 0 Å². The number of hydrogen-bond acceptors (Lipinski definition) is 4. The lowest BCUT2D eigenvalue weighted by molar-refractivity contribution is 0.101. The molecule has 0 aliphatic rings. The standard InChI is InChI=1S/C18H15ClN2O2/c1-11(22)13-5-3-4-6-15(13)20-18-10-17(23-2)14-9-12(19)7-8-16(14)21-18/h3-10H,1-2H3,(H,20,21). The van der Waals surface area contributed by atoms with Crippen LogP contribution in [0.1, 0.15) is 17.3 Å². The molecular formula is C18H15ClN2O2. The number of carbonyl (C=O) groups is 1. The Morgan fingerprint density at radius 2 is 1.96 bits per heavy atom. The van der Waals surface area contributed by atoms with Gasteiger partial charge in [0.05, 0.1) is 18.3 Å². The Morgan fingerprint density at radius 3 is 2.70 bits per heavy atom. The molecule has 5 heteroatoms. The van der Waals surface area contributed by atoms with Gasteiger partial charge in [-0.25, -0.2) is 4.98 Å². The summed E-state index contributed by atoms with van der Waals surface area (Å²) in [4.78, 5) is 16.3. The maximum absolute atomic E-state index is 11.7. The van der Waals surface area contributed by atoms with Crippen LogP contribution in [0.4, 0.5) is 11.5 Å². The van der Waals surface area contributed by atoms with E-state index in [0.29, 0.717) is 27.8 Å². The molecule has 116 valence electrons. The summed E-state index contributed by atoms with van der Waals surface area (Å²) in [5.74, 6) is 1.26. The first-order valence-corrected chi connectivity index (χ1v) is 7.47. The molecule has 0 saturated heterocycles. The number of anilines is 2. The number of para-hydroxylation sites is 1. The molecule has 4 nitrogen and oxygen atoms in total. The minimum absolute atomic E-state index is 0.00682. The van der Waals surface area contributed by atoms with Gasteiger partial charge in [0.2, 0.25) is 0 Å². The molecule has 3 aromatic rings. The summed E-state index contributed by atoms with van der Waals surface area (Å²) in [6.45, 7) is 1.54. The van der Waals surface area contributed by atoms with Gasteiger partial charge in [-0.2, -0.15) is 0 Å². The molecule has 0 bridgehead atoms. The van der Waals surface area contributed by atoms with Crippen molar-refractivity contribution in [1.29, 1.82) is 0 Å². The van der Waals surface area contributed by atoms with Crippen molar-refractivity contribution in [2.45, 2.75) is 6.92 Å². The second kappa shape index (κ2) is 6.26. The number of Topliss-reactive ketones (excluding diaryl/α,β-unsaturated/α-hetero) is 1. The lowest BCUT2D eigenvalue weighted by Gasteiger charge is -2.12. The monoisotopic (exact) mass is 326 g/mol. The molecule has 0 unspecified atom stereocenters. The van der Waals surface area contributed by atoms with Gasteiger partial charge < -0.3 is 10.1 Å². The summed E-state index contributed by atoms with van der Waals surface area (Å²) in [6, 6.07) is 14.5. The Morgan fingerprint density at radius 1 is 1.17 bits per heavy atom. The van der Waals surface area contributed by atoms with Crippen LogP contribution < -0.4 is 10.1 Å². The first-order chi connectivity index (χ1) is 11.1. The molecule has 0 amide bonds. The lowest BCUT2D eigenvalue weighted by Crippen LogP contribution is -2.02. The summed E-state index contributed by atoms with van der Waals surface area (Å²) >= 11 is 6.04. The van der Waals surface area contributed by atoms with Crippen LogP contribution in [0.15, 0.2) is 48.5 Å². The van der Waals surface area contributed by atoms with Gasteiger partial charge in [-0.15, -0.1) is 0 Å². The van der Waals surface area contributed by atoms with Gasteiger partial charge in [0.15, 0.2) is 5.78 Å². The van der Waals surface area contributed by atoms with Crippen LogP contribution in [-0.2, 0) is 0 Å². The highest BCUT2D eigenvalue weighted by Gasteiger charge is 2.10. The van der Waals surface area contributed by atoms with E-state index in [1.54, 1.807) is 25.3 Å². The van der Waals surface area contributed by atoms with E-state index in [-0.39, 0.29) is 5.78 Å². The molecule has 0 aliphatic heterocycles. The normalized spacial score (nSPS) is 10.6. The molecule has 0 fully saturated rings. The fourth-order valence-corrected chi connectivity index (χ4v) is 2.61. The van der Waals surface area contributed by atoms with Gasteiger partial charge in [0.1, 0.15) is 11.6 Å². The first kappa shape index (κ1) is 15.3. The fourth-order valence-electron chi connectivity index (χ4n) is 2.44. The Kier molecular flexibility index (Phi) is 4.17. The Bertz CT molecular complexity index is 893. The molecule has 0 spiro atoms. The number of benzene rings is 2. The zero-order chi connectivity index (χ0) is 16.4. The van der Waals surface area contributed by atoms with Crippen LogP contribution in [0.2, 0.25) is 5.02 Å². The zero-order valence-corrected chi connectivity index (χ0v) is 13.5. The highest BCUT2D eigenvalue weighted by Crippen LogP contribution is 2.31. The van der Waals surface area contributed by atoms with Crippen LogP contribution in [0.3, 0.4) is 0 Å². The number of pyridine rings is 1. The van der Waals surface area contributed by atoms with E-state index in [1.807, 2.05) is 30.3 Å². The topological polar surface area (TPSA) is 51.2 Å². The SMILES string of the molecule is COc1cc(Nc2ccccc2C(C)=O)nc2ccc(Cl)cc12. The number of halogens is 1. The van der Waals surface area contributed by atoms with Gasteiger partial charge in [-0.1, -0.05) is 23.7 Å². The van der Waals surface area contributed by atoms with E-state index in [0.717, 1.165) is 10.9 Å². The number of aromatic nitrogens is 1. The number of fused-ring (bicyclic) bond motifs is 1. The number of nitrogens with one attached hydrogen (secondary N) is 1. The third-order valence-electron chi connectivity index (χ3n) is 3.52. The van der Waals surface area contributed by atoms with Gasteiger partial charge >= 0.3 is 0 Å². The average Bonchev–Trinajstić information content (AvgIpc) is 2.54. The number of hydrogen-bond donors (Lipinski definition) is 1. The van der Waals surface area contributed by atoms with Gasteiger partial charge in [-0.3, -0.25) is 4.79 Å². The summed E-state index contributed by atoms with van der Waals surface area (Å²) in [5.41, 5.74) is 2.09. The Labute approximate surface area is 139 Å². The predicted molar refractivity (Wildman–Crippen MR) is 93.0 cm³/mol. The quantitative estimate of drug-likeness (QED) is 0.697. The molecule has 3 rings (SSSR count). The number of nitrogens with zero attached hydrogens (tertiary/aromatic N) is 1. The third kappa shape index (κ3) is 3.12. The van der Waals surface area contributed by atoms with Crippen molar-refractivity contribution in [2.75, 3.05) is 12.4 Å². The van der Waals surface area contributed by atoms with Crippen LogP contribution >= 0.6 is 11.6 Å². The van der Waals surface area contributed by atoms with E-state index < -0.39 is 0 Å². The van der Waals surface area contributed by atoms with Crippen LogP contribution in [-0.4, -0.2) is 17.9 Å². The lowest BCUT2D eigenvalue weighted by atomic mass is 10.1. The smallest absolute Gasteiger partial charge is 0.161 e. The van der Waals surface area contributed by atoms with Crippen molar-refractivity contribution < 1.29 is 9.53 Å². The molecule has 2 aromatic carbocycles. The second-order valence-electron chi connectivity index (χ2n) is 5.10. The van der Waals surface area contributed by atoms with Crippen LogP contribution in [0.25, 0.3) is 10.9 Å². The molecule has 23 heavy (non-hydrogen) atoms.